The SMILES string of the molecule is c1ccc(-c2ccc(-c3nc4ccccc4c4c(-c5cccc(-c6nc(-c7ccccc7)nc(-c7cccc8c7oc7ccccc78)n6)c5)c5c(cc34)oc3ccccc35)cc2)cc1.c1ccc(-c2ccc(-c3nc4ccccc4c4c(-c5cccc(-c6nc(-c7ccccc7)nc(-c7cccc8c7sc7ccccc78)n6)c5)c5c(cc34)oc3ccccc35)cc2)cc1. The highest BCUT2D eigenvalue weighted by Gasteiger charge is 2.28. The van der Waals surface area contributed by atoms with E-state index >= 15 is 0 Å². The highest BCUT2D eigenvalue weighted by molar-refractivity contribution is 7.26. The average Bonchev–Trinajstić information content (AvgIpc) is 1.51. The molecule has 0 bridgehead atoms. The van der Waals surface area contributed by atoms with Crippen molar-refractivity contribution in [3.05, 3.63) is 413 Å². The Balaban J connectivity index is 0.000000139. The van der Waals surface area contributed by atoms with Gasteiger partial charge >= 0.3 is 0 Å². The van der Waals surface area contributed by atoms with Gasteiger partial charge in [-0.25, -0.2) is 39.9 Å². The van der Waals surface area contributed by atoms with E-state index in [4.69, 9.17) is 53.1 Å². The Bertz CT molecular complexity index is 8420. The van der Waals surface area contributed by atoms with Crippen molar-refractivity contribution in [2.24, 2.45) is 0 Å². The van der Waals surface area contributed by atoms with Crippen LogP contribution in [-0.2, 0) is 0 Å². The zero-order valence-corrected chi connectivity index (χ0v) is 69.3. The van der Waals surface area contributed by atoms with Gasteiger partial charge in [0.25, 0.3) is 0 Å². The number of fused-ring (bicyclic) bond motifs is 18. The predicted octanol–water partition coefficient (Wildman–Crippen LogP) is 31.2. The molecule has 11 nitrogen and oxygen atoms in total. The van der Waals surface area contributed by atoms with Crippen molar-refractivity contribution >= 4 is 141 Å². The van der Waals surface area contributed by atoms with E-state index in [9.17, 15) is 0 Å². The van der Waals surface area contributed by atoms with Crippen molar-refractivity contribution < 1.29 is 13.3 Å². The molecule has 0 saturated heterocycles. The van der Waals surface area contributed by atoms with Gasteiger partial charge in [0.05, 0.1) is 28.0 Å². The summed E-state index contributed by atoms with van der Waals surface area (Å²) in [6, 6.07) is 143. The third-order valence-corrected chi connectivity index (χ3v) is 25.9. The predicted molar refractivity (Wildman–Crippen MR) is 525 cm³/mol. The molecule has 0 aliphatic heterocycles. The number of para-hydroxylation sites is 6. The molecule has 0 amide bonds. The number of hydrogen-bond acceptors (Lipinski definition) is 12. The minimum absolute atomic E-state index is 0.535. The molecule has 0 aliphatic carbocycles. The van der Waals surface area contributed by atoms with Gasteiger partial charge in [-0.3, -0.25) is 0 Å². The third kappa shape index (κ3) is 12.6. The molecule has 0 unspecified atom stereocenters. The fraction of sp³-hybridized carbons (Fsp3) is 0. The van der Waals surface area contributed by atoms with E-state index in [2.05, 4.69) is 297 Å². The monoisotopic (exact) mass is 1650 g/mol. The molecule has 0 saturated carbocycles. The Morgan fingerprint density at radius 2 is 0.516 bits per heavy atom. The standard InChI is InChI=1S/C58H34N4O2.C58H34N4OS/c1-3-15-35(16-4-1)36-29-31-37(32-30-36)54-46-34-50-53(44-23-9-12-28-49(44)63-50)51(52(46)43-22-7-10-26-47(43)59-54)39-19-13-20-40(33-39)57-60-56(38-17-5-2-6-18-38)61-58(62-57)45-25-14-24-42-41-21-8-11-27-48(41)64-55(42)45;1-3-15-35(16-4-1)36-29-31-37(32-30-36)54-46-34-49-53(44-23-8-11-27-48(44)63-49)51(52(46)43-22-7-10-26-47(43)59-54)39-19-13-20-40(33-39)57-60-56(38-17-5-2-6-18-38)61-58(62-57)45-25-14-24-42-41-21-9-12-28-50(41)64-55(42)45/h2*1-34H. The molecule has 0 radical (unpaired) electrons. The first-order valence-corrected chi connectivity index (χ1v) is 43.6. The second kappa shape index (κ2) is 30.5. The maximum Gasteiger partial charge on any atom is 0.167 e. The number of pyridine rings is 2. The van der Waals surface area contributed by atoms with E-state index in [1.165, 1.54) is 26.6 Å². The maximum atomic E-state index is 6.74. The first-order valence-electron chi connectivity index (χ1n) is 42.7. The van der Waals surface area contributed by atoms with E-state index in [0.29, 0.717) is 34.9 Å². The van der Waals surface area contributed by atoms with Crippen molar-refractivity contribution in [2.75, 3.05) is 0 Å². The molecule has 0 N–H and O–H groups in total. The number of aromatic nitrogens is 8. The lowest BCUT2D eigenvalue weighted by Gasteiger charge is -2.16. The molecule has 8 heterocycles. The first-order chi connectivity index (χ1) is 63.4. The van der Waals surface area contributed by atoms with E-state index in [1.54, 1.807) is 11.3 Å². The summed E-state index contributed by atoms with van der Waals surface area (Å²) in [6.07, 6.45) is 0. The molecular formula is C116H68N8O3S. The van der Waals surface area contributed by atoms with Gasteiger partial charge in [0.2, 0.25) is 0 Å². The highest BCUT2D eigenvalue weighted by Crippen LogP contribution is 2.51. The molecule has 26 rings (SSSR count). The van der Waals surface area contributed by atoms with Gasteiger partial charge in [-0.2, -0.15) is 0 Å². The number of furan rings is 3. The lowest BCUT2D eigenvalue weighted by molar-refractivity contribution is 0.669. The fourth-order valence-corrected chi connectivity index (χ4v) is 19.9. The van der Waals surface area contributed by atoms with Crippen LogP contribution >= 0.6 is 11.3 Å². The Kier molecular flexibility index (Phi) is 17.5. The van der Waals surface area contributed by atoms with Crippen molar-refractivity contribution in [1.29, 1.82) is 0 Å². The lowest BCUT2D eigenvalue weighted by Crippen LogP contribution is -2.00. The van der Waals surface area contributed by atoms with E-state index in [-0.39, 0.29) is 0 Å². The fourth-order valence-electron chi connectivity index (χ4n) is 18.7. The van der Waals surface area contributed by atoms with Gasteiger partial charge in [0, 0.05) is 135 Å². The van der Waals surface area contributed by atoms with Gasteiger partial charge < -0.3 is 13.3 Å². The molecule has 26 aromatic rings. The lowest BCUT2D eigenvalue weighted by atomic mass is 9.89. The third-order valence-electron chi connectivity index (χ3n) is 24.6. The summed E-state index contributed by atoms with van der Waals surface area (Å²) in [5.41, 5.74) is 24.7. The van der Waals surface area contributed by atoms with Crippen molar-refractivity contribution in [2.45, 2.75) is 0 Å². The first kappa shape index (κ1) is 73.6. The number of thiophene rings is 1. The van der Waals surface area contributed by atoms with Crippen LogP contribution in [0.3, 0.4) is 0 Å². The normalized spacial score (nSPS) is 11.8. The Hall–Kier alpha value is -17.1. The number of hydrogen-bond donors (Lipinski definition) is 0. The van der Waals surface area contributed by atoms with Crippen LogP contribution in [0.4, 0.5) is 0 Å². The molecule has 596 valence electrons. The second-order valence-corrected chi connectivity index (χ2v) is 33.3. The number of benzene rings is 18. The Labute approximate surface area is 736 Å². The van der Waals surface area contributed by atoms with Crippen LogP contribution in [0, 0.1) is 0 Å². The van der Waals surface area contributed by atoms with Gasteiger partial charge in [0.15, 0.2) is 34.9 Å². The van der Waals surface area contributed by atoms with Crippen LogP contribution < -0.4 is 0 Å². The molecule has 0 fully saturated rings. The van der Waals surface area contributed by atoms with Crippen LogP contribution in [0.25, 0.3) is 265 Å². The summed E-state index contributed by atoms with van der Waals surface area (Å²) < 4.78 is 22.4. The topological polar surface area (TPSA) is 143 Å². The average molecular weight is 1650 g/mol. The smallest absolute Gasteiger partial charge is 0.167 e. The summed E-state index contributed by atoms with van der Waals surface area (Å²) in [7, 11) is 0. The highest BCUT2D eigenvalue weighted by atomic mass is 32.1. The van der Waals surface area contributed by atoms with E-state index in [1.807, 2.05) is 115 Å². The summed E-state index contributed by atoms with van der Waals surface area (Å²) >= 11 is 1.78. The largest absolute Gasteiger partial charge is 0.456 e. The molecule has 18 aromatic carbocycles. The quantitative estimate of drug-likeness (QED) is 0.108. The van der Waals surface area contributed by atoms with Gasteiger partial charge in [-0.05, 0) is 106 Å². The second-order valence-electron chi connectivity index (χ2n) is 32.2. The van der Waals surface area contributed by atoms with E-state index < -0.39 is 0 Å². The van der Waals surface area contributed by atoms with Crippen LogP contribution in [0.15, 0.2) is 426 Å². The molecule has 0 atom stereocenters. The molecule has 0 aliphatic rings. The number of nitrogens with zero attached hydrogens (tertiary/aromatic N) is 8. The molecular weight excluding hydrogens is 1590 g/mol. The molecule has 8 aromatic heterocycles. The van der Waals surface area contributed by atoms with Crippen LogP contribution in [-0.4, -0.2) is 39.9 Å². The van der Waals surface area contributed by atoms with Crippen LogP contribution in [0.5, 0.6) is 0 Å². The van der Waals surface area contributed by atoms with Crippen molar-refractivity contribution in [3.8, 4) is 135 Å². The Morgan fingerprint density at radius 1 is 0.180 bits per heavy atom. The molecule has 12 heteroatoms. The van der Waals surface area contributed by atoms with Crippen molar-refractivity contribution in [1.82, 2.24) is 39.9 Å². The zero-order valence-electron chi connectivity index (χ0n) is 68.5. The zero-order chi connectivity index (χ0) is 84.3. The summed E-state index contributed by atoms with van der Waals surface area (Å²) in [4.78, 5) is 42.0. The summed E-state index contributed by atoms with van der Waals surface area (Å²) in [6.45, 7) is 0. The Morgan fingerprint density at radius 3 is 1.01 bits per heavy atom. The minimum Gasteiger partial charge on any atom is -0.456 e. The maximum absolute atomic E-state index is 6.74. The van der Waals surface area contributed by atoms with E-state index in [0.717, 1.165) is 203 Å². The summed E-state index contributed by atoms with van der Waals surface area (Å²) in [5, 5.41) is 15.1. The number of rotatable bonds is 12. The van der Waals surface area contributed by atoms with Gasteiger partial charge in [-0.15, -0.1) is 11.3 Å². The van der Waals surface area contributed by atoms with Gasteiger partial charge in [-0.1, -0.05) is 340 Å². The van der Waals surface area contributed by atoms with Crippen LogP contribution in [0.2, 0.25) is 0 Å². The summed E-state index contributed by atoms with van der Waals surface area (Å²) in [5.74, 6) is 3.53. The van der Waals surface area contributed by atoms with Crippen LogP contribution in [0.1, 0.15) is 0 Å². The minimum atomic E-state index is 0.535. The molecule has 128 heavy (non-hydrogen) atoms. The van der Waals surface area contributed by atoms with Crippen molar-refractivity contribution in [3.63, 3.8) is 0 Å². The molecule has 0 spiro atoms. The van der Waals surface area contributed by atoms with Gasteiger partial charge in [0.1, 0.15) is 33.5 Å².